The minimum absolute atomic E-state index is 0.326. The fraction of sp³-hybridized carbons (Fsp3) is 0. The van der Waals surface area contributed by atoms with Gasteiger partial charge < -0.3 is 4.98 Å². The highest BCUT2D eigenvalue weighted by atomic mass is 32.2. The number of H-pyrrole nitrogens is 1. The largest absolute Gasteiger partial charge is 0.338 e. The molecule has 4 rings (SSSR count). The van der Waals surface area contributed by atoms with E-state index in [4.69, 9.17) is 0 Å². The molecule has 25 heavy (non-hydrogen) atoms. The second-order valence-electron chi connectivity index (χ2n) is 5.34. The van der Waals surface area contributed by atoms with E-state index in [0.717, 1.165) is 35.0 Å². The number of nitrogens with zero attached hydrogens (tertiary/aromatic N) is 1. The molecule has 0 spiro atoms. The summed E-state index contributed by atoms with van der Waals surface area (Å²) >= 11 is 0.847. The maximum Gasteiger partial charge on any atom is 0.290 e. The topological polar surface area (TPSA) is 74.8 Å². The Hall–Kier alpha value is -3.00. The van der Waals surface area contributed by atoms with Crippen LogP contribution in [0.25, 0.3) is 28.5 Å². The fourth-order valence-corrected chi connectivity index (χ4v) is 3.13. The number of aromatic nitrogens is 2. The lowest BCUT2D eigenvalue weighted by molar-refractivity contribution is -0.115. The van der Waals surface area contributed by atoms with E-state index in [9.17, 15) is 18.4 Å². The van der Waals surface area contributed by atoms with E-state index in [0.29, 0.717) is 21.8 Å². The van der Waals surface area contributed by atoms with E-state index in [1.807, 2.05) is 0 Å². The van der Waals surface area contributed by atoms with Crippen molar-refractivity contribution in [3.05, 3.63) is 58.5 Å². The van der Waals surface area contributed by atoms with Crippen LogP contribution in [0.5, 0.6) is 0 Å². The number of imidazole rings is 1. The van der Waals surface area contributed by atoms with Gasteiger partial charge in [-0.25, -0.2) is 13.8 Å². The lowest BCUT2D eigenvalue weighted by Crippen LogP contribution is -2.17. The summed E-state index contributed by atoms with van der Waals surface area (Å²) < 4.78 is 26.6. The molecule has 1 aliphatic heterocycles. The zero-order valence-corrected chi connectivity index (χ0v) is 13.3. The van der Waals surface area contributed by atoms with Crippen LogP contribution in [0.4, 0.5) is 13.6 Å². The summed E-state index contributed by atoms with van der Waals surface area (Å²) in [6, 6.07) is 9.14. The Kier molecular flexibility index (Phi) is 3.61. The van der Waals surface area contributed by atoms with E-state index in [2.05, 4.69) is 15.3 Å². The first-order valence-corrected chi connectivity index (χ1v) is 8.01. The molecule has 2 aromatic carbocycles. The third-order valence-corrected chi connectivity index (χ3v) is 4.46. The van der Waals surface area contributed by atoms with Crippen molar-refractivity contribution in [1.82, 2.24) is 15.3 Å². The Morgan fingerprint density at radius 1 is 1.04 bits per heavy atom. The summed E-state index contributed by atoms with van der Waals surface area (Å²) in [6.45, 7) is 0. The standard InChI is InChI=1S/C17H9F2N3O2S/c18-10-6-12-13(7-11(10)19)21-15(20-12)9-3-1-8(2-4-9)5-14-16(23)22-17(24)25-14/h1-7H,(H,20,21)(H,22,23,24)/b14-5+. The highest BCUT2D eigenvalue weighted by molar-refractivity contribution is 8.18. The molecule has 1 aliphatic rings. The van der Waals surface area contributed by atoms with Crippen LogP contribution in [-0.2, 0) is 4.79 Å². The van der Waals surface area contributed by atoms with Crippen molar-refractivity contribution in [3.8, 4) is 11.4 Å². The number of fused-ring (bicyclic) bond motifs is 1. The van der Waals surface area contributed by atoms with Gasteiger partial charge in [0.25, 0.3) is 11.1 Å². The molecule has 1 fully saturated rings. The molecule has 0 radical (unpaired) electrons. The average molecular weight is 357 g/mol. The maximum absolute atomic E-state index is 13.3. The molecule has 0 saturated carbocycles. The number of thioether (sulfide) groups is 1. The number of halogens is 2. The van der Waals surface area contributed by atoms with Crippen LogP contribution < -0.4 is 5.32 Å². The van der Waals surface area contributed by atoms with Gasteiger partial charge in [-0.15, -0.1) is 0 Å². The van der Waals surface area contributed by atoms with Gasteiger partial charge in [-0.1, -0.05) is 24.3 Å². The van der Waals surface area contributed by atoms with Gasteiger partial charge in [-0.2, -0.15) is 0 Å². The lowest BCUT2D eigenvalue weighted by Gasteiger charge is -1.99. The van der Waals surface area contributed by atoms with Crippen molar-refractivity contribution in [3.63, 3.8) is 0 Å². The Morgan fingerprint density at radius 2 is 1.76 bits per heavy atom. The summed E-state index contributed by atoms with van der Waals surface area (Å²) in [6.07, 6.45) is 1.61. The number of carbonyl (C=O) groups excluding carboxylic acids is 2. The first-order chi connectivity index (χ1) is 12.0. The molecule has 0 atom stereocenters. The normalized spacial score (nSPS) is 16.0. The van der Waals surface area contributed by atoms with Crippen LogP contribution >= 0.6 is 11.8 Å². The van der Waals surface area contributed by atoms with Gasteiger partial charge in [0.05, 0.1) is 15.9 Å². The number of nitrogens with one attached hydrogen (secondary N) is 2. The fourth-order valence-electron chi connectivity index (χ4n) is 2.45. The van der Waals surface area contributed by atoms with Crippen LogP contribution in [0.1, 0.15) is 5.56 Å². The zero-order chi connectivity index (χ0) is 17.6. The van der Waals surface area contributed by atoms with Crippen molar-refractivity contribution in [2.45, 2.75) is 0 Å². The van der Waals surface area contributed by atoms with Crippen LogP contribution in [0.15, 0.2) is 41.3 Å². The second-order valence-corrected chi connectivity index (χ2v) is 6.36. The number of carbonyl (C=O) groups is 2. The minimum atomic E-state index is -0.950. The van der Waals surface area contributed by atoms with Gasteiger partial charge in [-0.05, 0) is 23.4 Å². The quantitative estimate of drug-likeness (QED) is 0.684. The smallest absolute Gasteiger partial charge is 0.290 e. The van der Waals surface area contributed by atoms with Crippen molar-refractivity contribution in [2.24, 2.45) is 0 Å². The Balaban J connectivity index is 1.65. The number of benzene rings is 2. The number of amides is 2. The molecule has 2 N–H and O–H groups in total. The van der Waals surface area contributed by atoms with E-state index < -0.39 is 22.8 Å². The van der Waals surface area contributed by atoms with E-state index >= 15 is 0 Å². The number of hydrogen-bond donors (Lipinski definition) is 2. The summed E-state index contributed by atoms with van der Waals surface area (Å²) in [7, 11) is 0. The molecule has 1 aromatic heterocycles. The summed E-state index contributed by atoms with van der Waals surface area (Å²) in [5.41, 5.74) is 2.19. The lowest BCUT2D eigenvalue weighted by atomic mass is 10.1. The molecule has 2 amide bonds. The van der Waals surface area contributed by atoms with Crippen LogP contribution in [0.3, 0.4) is 0 Å². The predicted octanol–water partition coefficient (Wildman–Crippen LogP) is 3.83. The van der Waals surface area contributed by atoms with Crippen LogP contribution in [0.2, 0.25) is 0 Å². The average Bonchev–Trinajstić information content (AvgIpc) is 3.11. The van der Waals surface area contributed by atoms with Crippen LogP contribution in [0, 0.1) is 11.6 Å². The highest BCUT2D eigenvalue weighted by Gasteiger charge is 2.24. The summed E-state index contributed by atoms with van der Waals surface area (Å²) in [5.74, 6) is -1.83. The first-order valence-electron chi connectivity index (χ1n) is 7.20. The Labute approximate surface area is 144 Å². The molecular weight excluding hydrogens is 348 g/mol. The van der Waals surface area contributed by atoms with Gasteiger partial charge >= 0.3 is 0 Å². The number of imide groups is 1. The Morgan fingerprint density at radius 3 is 2.44 bits per heavy atom. The molecule has 8 heteroatoms. The monoisotopic (exact) mass is 357 g/mol. The summed E-state index contributed by atoms with van der Waals surface area (Å²) in [5, 5.41) is 1.79. The molecule has 0 aliphatic carbocycles. The molecule has 2 heterocycles. The zero-order valence-electron chi connectivity index (χ0n) is 12.5. The van der Waals surface area contributed by atoms with Crippen molar-refractivity contribution in [2.75, 3.05) is 0 Å². The third-order valence-electron chi connectivity index (χ3n) is 3.65. The van der Waals surface area contributed by atoms with E-state index in [-0.39, 0.29) is 0 Å². The SMILES string of the molecule is O=C1NC(=O)/C(=C\c2ccc(-c3nc4cc(F)c(F)cc4[nH]3)cc2)S1. The molecule has 1 saturated heterocycles. The Bertz CT molecular complexity index is 1020. The third kappa shape index (κ3) is 2.91. The van der Waals surface area contributed by atoms with Gasteiger partial charge in [0.2, 0.25) is 0 Å². The van der Waals surface area contributed by atoms with Gasteiger partial charge in [-0.3, -0.25) is 14.9 Å². The number of hydrogen-bond acceptors (Lipinski definition) is 4. The van der Waals surface area contributed by atoms with Crippen LogP contribution in [-0.4, -0.2) is 21.1 Å². The molecular formula is C17H9F2N3O2S. The number of rotatable bonds is 2. The molecule has 3 aromatic rings. The molecule has 5 nitrogen and oxygen atoms in total. The maximum atomic E-state index is 13.3. The molecule has 0 bridgehead atoms. The minimum Gasteiger partial charge on any atom is -0.338 e. The van der Waals surface area contributed by atoms with Crippen molar-refractivity contribution >= 4 is 40.0 Å². The first kappa shape index (κ1) is 15.5. The van der Waals surface area contributed by atoms with Crippen molar-refractivity contribution in [1.29, 1.82) is 0 Å². The van der Waals surface area contributed by atoms with Gasteiger partial charge in [0.1, 0.15) is 5.82 Å². The summed E-state index contributed by atoms with van der Waals surface area (Å²) in [4.78, 5) is 30.2. The number of aromatic amines is 1. The molecule has 0 unspecified atom stereocenters. The van der Waals surface area contributed by atoms with Gasteiger partial charge in [0, 0.05) is 17.7 Å². The van der Waals surface area contributed by atoms with E-state index in [1.165, 1.54) is 0 Å². The van der Waals surface area contributed by atoms with Crippen molar-refractivity contribution < 1.29 is 18.4 Å². The predicted molar refractivity (Wildman–Crippen MR) is 90.6 cm³/mol. The van der Waals surface area contributed by atoms with E-state index in [1.54, 1.807) is 30.3 Å². The molecule has 124 valence electrons. The highest BCUT2D eigenvalue weighted by Crippen LogP contribution is 2.27. The second kappa shape index (κ2) is 5.82. The van der Waals surface area contributed by atoms with Gasteiger partial charge in [0.15, 0.2) is 11.6 Å².